The SMILES string of the molecule is CCOc1cc(C=C2SC(=Nc3cccc(C(=O)O)c3)N(C)C2=O)cc(Br)c1O. The number of amidine groups is 1. The molecular formula is C20H17BrN2O5S. The standard InChI is InChI=1S/C20H17BrN2O5S/c1-3-28-15-8-11(7-14(21)17(15)24)9-16-18(25)23(2)20(29-16)22-13-6-4-5-12(10-13)19(26)27/h4-10,24H,3H2,1-2H3,(H,26,27). The highest BCUT2D eigenvalue weighted by atomic mass is 79.9. The van der Waals surface area contributed by atoms with Crippen LogP contribution in [0.2, 0.25) is 0 Å². The number of carboxylic acids is 1. The minimum Gasteiger partial charge on any atom is -0.503 e. The molecule has 1 heterocycles. The molecule has 29 heavy (non-hydrogen) atoms. The summed E-state index contributed by atoms with van der Waals surface area (Å²) in [6.07, 6.45) is 1.69. The highest BCUT2D eigenvalue weighted by molar-refractivity contribution is 9.10. The molecule has 0 aromatic heterocycles. The molecule has 1 aliphatic rings. The second-order valence-electron chi connectivity index (χ2n) is 6.01. The maximum atomic E-state index is 12.6. The number of phenolic OH excluding ortho intramolecular Hbond substituents is 1. The van der Waals surface area contributed by atoms with Crippen molar-refractivity contribution < 1.29 is 24.5 Å². The maximum Gasteiger partial charge on any atom is 0.335 e. The predicted octanol–water partition coefficient (Wildman–Crippen LogP) is 4.49. The van der Waals surface area contributed by atoms with Crippen LogP contribution in [0.1, 0.15) is 22.8 Å². The molecule has 0 unspecified atom stereocenters. The monoisotopic (exact) mass is 476 g/mol. The number of halogens is 1. The van der Waals surface area contributed by atoms with Crippen LogP contribution >= 0.6 is 27.7 Å². The van der Waals surface area contributed by atoms with Gasteiger partial charge in [-0.2, -0.15) is 0 Å². The minimum atomic E-state index is -1.04. The van der Waals surface area contributed by atoms with E-state index in [9.17, 15) is 14.7 Å². The van der Waals surface area contributed by atoms with Gasteiger partial charge in [0.05, 0.1) is 27.2 Å². The van der Waals surface area contributed by atoms with E-state index in [2.05, 4.69) is 20.9 Å². The Bertz CT molecular complexity index is 1050. The lowest BCUT2D eigenvalue weighted by atomic mass is 10.2. The Morgan fingerprint density at radius 1 is 1.34 bits per heavy atom. The Morgan fingerprint density at radius 3 is 2.79 bits per heavy atom. The number of hydrogen-bond acceptors (Lipinski definition) is 6. The maximum absolute atomic E-state index is 12.6. The first kappa shape index (κ1) is 20.9. The molecule has 7 nitrogen and oxygen atoms in total. The highest BCUT2D eigenvalue weighted by Crippen LogP contribution is 2.38. The van der Waals surface area contributed by atoms with Gasteiger partial charge in [-0.3, -0.25) is 9.69 Å². The zero-order valence-corrected chi connectivity index (χ0v) is 18.0. The van der Waals surface area contributed by atoms with Gasteiger partial charge in [-0.15, -0.1) is 0 Å². The van der Waals surface area contributed by atoms with E-state index in [0.29, 0.717) is 38.2 Å². The lowest BCUT2D eigenvalue weighted by Gasteiger charge is -2.09. The van der Waals surface area contributed by atoms with Gasteiger partial charge in [-0.25, -0.2) is 9.79 Å². The number of phenols is 1. The van der Waals surface area contributed by atoms with Crippen molar-refractivity contribution in [2.24, 2.45) is 4.99 Å². The van der Waals surface area contributed by atoms with Crippen molar-refractivity contribution in [2.75, 3.05) is 13.7 Å². The average Bonchev–Trinajstić information content (AvgIpc) is 2.94. The number of ether oxygens (including phenoxy) is 1. The smallest absolute Gasteiger partial charge is 0.335 e. The Hall–Kier alpha value is -2.78. The van der Waals surface area contributed by atoms with E-state index in [4.69, 9.17) is 9.84 Å². The van der Waals surface area contributed by atoms with Crippen molar-refractivity contribution in [3.63, 3.8) is 0 Å². The molecule has 3 rings (SSSR count). The van der Waals surface area contributed by atoms with Crippen LogP contribution in [0.15, 0.2) is 50.8 Å². The van der Waals surface area contributed by atoms with E-state index in [1.165, 1.54) is 28.8 Å². The number of carboxylic acid groups (broad SMARTS) is 1. The zero-order chi connectivity index (χ0) is 21.1. The number of aromatic carboxylic acids is 1. The van der Waals surface area contributed by atoms with Gasteiger partial charge in [0.1, 0.15) is 0 Å². The Labute approximate surface area is 179 Å². The summed E-state index contributed by atoms with van der Waals surface area (Å²) < 4.78 is 5.88. The Morgan fingerprint density at radius 2 is 2.10 bits per heavy atom. The van der Waals surface area contributed by atoms with Gasteiger partial charge in [0.25, 0.3) is 5.91 Å². The minimum absolute atomic E-state index is 0.00270. The van der Waals surface area contributed by atoms with E-state index in [1.807, 2.05) is 6.92 Å². The number of nitrogens with zero attached hydrogens (tertiary/aromatic N) is 2. The molecule has 1 fully saturated rings. The fourth-order valence-electron chi connectivity index (χ4n) is 2.56. The van der Waals surface area contributed by atoms with E-state index >= 15 is 0 Å². The molecule has 0 saturated carbocycles. The van der Waals surface area contributed by atoms with E-state index < -0.39 is 5.97 Å². The average molecular weight is 477 g/mol. The van der Waals surface area contributed by atoms with Gasteiger partial charge in [0, 0.05) is 7.05 Å². The first-order chi connectivity index (χ1) is 13.8. The summed E-state index contributed by atoms with van der Waals surface area (Å²) >= 11 is 4.47. The number of hydrogen-bond donors (Lipinski definition) is 2. The normalized spacial score (nSPS) is 16.7. The van der Waals surface area contributed by atoms with Crippen LogP contribution in [0.25, 0.3) is 6.08 Å². The third-order valence-corrected chi connectivity index (χ3v) is 5.63. The molecular weight excluding hydrogens is 460 g/mol. The summed E-state index contributed by atoms with van der Waals surface area (Å²) in [5, 5.41) is 19.6. The number of carbonyl (C=O) groups excluding carboxylic acids is 1. The number of aliphatic imine (C=N–C) groups is 1. The molecule has 9 heteroatoms. The topological polar surface area (TPSA) is 99.4 Å². The van der Waals surface area contributed by atoms with Crippen LogP contribution in [0.3, 0.4) is 0 Å². The largest absolute Gasteiger partial charge is 0.503 e. The lowest BCUT2D eigenvalue weighted by Crippen LogP contribution is -2.23. The molecule has 0 bridgehead atoms. The summed E-state index contributed by atoms with van der Waals surface area (Å²) in [4.78, 5) is 30.0. The van der Waals surface area contributed by atoms with Gasteiger partial charge in [-0.1, -0.05) is 6.07 Å². The van der Waals surface area contributed by atoms with Crippen molar-refractivity contribution in [1.29, 1.82) is 0 Å². The first-order valence-corrected chi connectivity index (χ1v) is 10.2. The molecule has 0 atom stereocenters. The number of rotatable bonds is 5. The second kappa shape index (κ2) is 8.71. The van der Waals surface area contributed by atoms with Crippen molar-refractivity contribution >= 4 is 56.5 Å². The predicted molar refractivity (Wildman–Crippen MR) is 116 cm³/mol. The molecule has 2 aromatic rings. The molecule has 0 aliphatic carbocycles. The fraction of sp³-hybridized carbons (Fsp3) is 0.150. The third-order valence-electron chi connectivity index (χ3n) is 3.97. The number of amides is 1. The van der Waals surface area contributed by atoms with Crippen molar-refractivity contribution in [3.8, 4) is 11.5 Å². The van der Waals surface area contributed by atoms with Crippen molar-refractivity contribution in [3.05, 3.63) is 56.9 Å². The highest BCUT2D eigenvalue weighted by Gasteiger charge is 2.30. The summed E-state index contributed by atoms with van der Waals surface area (Å²) in [5.41, 5.74) is 1.24. The second-order valence-corrected chi connectivity index (χ2v) is 7.87. The van der Waals surface area contributed by atoms with Crippen LogP contribution in [-0.4, -0.2) is 45.8 Å². The number of thioether (sulfide) groups is 1. The molecule has 150 valence electrons. The molecule has 1 saturated heterocycles. The van der Waals surface area contributed by atoms with Crippen LogP contribution in [0.4, 0.5) is 5.69 Å². The van der Waals surface area contributed by atoms with Gasteiger partial charge in [0.2, 0.25) is 0 Å². The molecule has 0 radical (unpaired) electrons. The van der Waals surface area contributed by atoms with Crippen LogP contribution in [0.5, 0.6) is 11.5 Å². The van der Waals surface area contributed by atoms with E-state index in [1.54, 1.807) is 37.4 Å². The lowest BCUT2D eigenvalue weighted by molar-refractivity contribution is -0.121. The number of aromatic hydroxyl groups is 1. The van der Waals surface area contributed by atoms with Gasteiger partial charge in [-0.05, 0) is 76.6 Å². The number of benzene rings is 2. The van der Waals surface area contributed by atoms with Crippen molar-refractivity contribution in [2.45, 2.75) is 6.92 Å². The fourth-order valence-corrected chi connectivity index (χ4v) is 4.01. The van der Waals surface area contributed by atoms with E-state index in [-0.39, 0.29) is 17.2 Å². The molecule has 1 amide bonds. The number of likely N-dealkylation sites (N-methyl/N-ethyl adjacent to an activating group) is 1. The Kier molecular flexibility index (Phi) is 6.29. The zero-order valence-electron chi connectivity index (χ0n) is 15.5. The molecule has 1 aliphatic heterocycles. The molecule has 2 aromatic carbocycles. The van der Waals surface area contributed by atoms with Crippen LogP contribution in [-0.2, 0) is 4.79 Å². The third kappa shape index (κ3) is 4.63. The molecule has 2 N–H and O–H groups in total. The molecule has 0 spiro atoms. The van der Waals surface area contributed by atoms with Gasteiger partial charge in [0.15, 0.2) is 16.7 Å². The number of carbonyl (C=O) groups is 2. The van der Waals surface area contributed by atoms with Crippen LogP contribution < -0.4 is 4.74 Å². The summed E-state index contributed by atoms with van der Waals surface area (Å²) in [7, 11) is 1.61. The van der Waals surface area contributed by atoms with Gasteiger partial charge < -0.3 is 14.9 Å². The van der Waals surface area contributed by atoms with Gasteiger partial charge >= 0.3 is 5.97 Å². The quantitative estimate of drug-likeness (QED) is 0.616. The summed E-state index contributed by atoms with van der Waals surface area (Å²) in [6.45, 7) is 2.20. The van der Waals surface area contributed by atoms with E-state index in [0.717, 1.165) is 0 Å². The summed E-state index contributed by atoms with van der Waals surface area (Å²) in [6, 6.07) is 9.53. The Balaban J connectivity index is 1.93. The van der Waals surface area contributed by atoms with Crippen molar-refractivity contribution in [1.82, 2.24) is 4.90 Å². The van der Waals surface area contributed by atoms with Crippen LogP contribution in [0, 0.1) is 0 Å². The first-order valence-electron chi connectivity index (χ1n) is 8.55. The summed E-state index contributed by atoms with van der Waals surface area (Å²) in [5.74, 6) is -0.960.